The van der Waals surface area contributed by atoms with Gasteiger partial charge in [-0.2, -0.15) is 0 Å². The van der Waals surface area contributed by atoms with E-state index in [2.05, 4.69) is 36.6 Å². The molecule has 0 saturated carbocycles. The Labute approximate surface area is 183 Å². The fourth-order valence-electron chi connectivity index (χ4n) is 2.71. The van der Waals surface area contributed by atoms with Gasteiger partial charge in [-0.15, -0.1) is 0 Å². The van der Waals surface area contributed by atoms with Crippen molar-refractivity contribution in [2.24, 2.45) is 4.99 Å². The number of hydrogen-bond acceptors (Lipinski definition) is 7. The SMILES string of the molecule is O=c1c2ccccc2[se]n1CCNc1nonc1C(=Nc1ccc(F)c(Br)c1)NO. The number of nitrogens with zero attached hydrogens (tertiary/aromatic N) is 4. The van der Waals surface area contributed by atoms with Gasteiger partial charge in [0.05, 0.1) is 0 Å². The number of halogens is 2. The molecule has 0 atom stereocenters. The van der Waals surface area contributed by atoms with Gasteiger partial charge in [-0.25, -0.2) is 4.39 Å². The predicted octanol–water partition coefficient (Wildman–Crippen LogP) is 2.51. The molecule has 0 saturated heterocycles. The van der Waals surface area contributed by atoms with E-state index < -0.39 is 5.82 Å². The van der Waals surface area contributed by atoms with Crippen LogP contribution in [0, 0.1) is 5.82 Å². The minimum absolute atomic E-state index is 0.00654. The first-order valence-electron chi connectivity index (χ1n) is 8.66. The summed E-state index contributed by atoms with van der Waals surface area (Å²) < 4.78 is 21.2. The number of fused-ring (bicyclic) bond motifs is 1. The van der Waals surface area contributed by atoms with E-state index in [9.17, 15) is 14.4 Å². The van der Waals surface area contributed by atoms with Crippen molar-refractivity contribution in [1.82, 2.24) is 19.4 Å². The van der Waals surface area contributed by atoms with Crippen LogP contribution in [0.5, 0.6) is 0 Å². The maximum absolute atomic E-state index is 13.4. The van der Waals surface area contributed by atoms with E-state index in [1.165, 1.54) is 18.2 Å². The van der Waals surface area contributed by atoms with Gasteiger partial charge in [0.15, 0.2) is 0 Å². The Kier molecular flexibility index (Phi) is 6.09. The average Bonchev–Trinajstić information content (AvgIpc) is 3.34. The van der Waals surface area contributed by atoms with E-state index in [4.69, 9.17) is 4.63 Å². The van der Waals surface area contributed by atoms with Crippen molar-refractivity contribution in [2.75, 3.05) is 11.9 Å². The van der Waals surface area contributed by atoms with Crippen molar-refractivity contribution in [3.05, 3.63) is 68.8 Å². The Bertz CT molecular complexity index is 1280. The number of rotatable bonds is 6. The number of aliphatic imine (C=N–C) groups is 1. The molecule has 2 aromatic carbocycles. The van der Waals surface area contributed by atoms with Gasteiger partial charge in [0.2, 0.25) is 0 Å². The molecular formula is C18H14BrFN6O3Se. The molecule has 12 heteroatoms. The molecule has 0 aliphatic heterocycles. The van der Waals surface area contributed by atoms with Gasteiger partial charge in [0.25, 0.3) is 0 Å². The molecule has 4 aromatic rings. The van der Waals surface area contributed by atoms with Crippen LogP contribution in [0.2, 0.25) is 0 Å². The van der Waals surface area contributed by atoms with Gasteiger partial charge in [0, 0.05) is 0 Å². The second-order valence-corrected chi connectivity index (χ2v) is 9.14. The summed E-state index contributed by atoms with van der Waals surface area (Å²) in [6, 6.07) is 11.7. The number of hydroxylamine groups is 1. The summed E-state index contributed by atoms with van der Waals surface area (Å²) in [5.74, 6) is -0.225. The van der Waals surface area contributed by atoms with E-state index in [1.807, 2.05) is 29.7 Å². The van der Waals surface area contributed by atoms with Crippen LogP contribution < -0.4 is 16.4 Å². The molecule has 9 nitrogen and oxygen atoms in total. The number of hydrogen-bond donors (Lipinski definition) is 3. The zero-order chi connectivity index (χ0) is 21.1. The van der Waals surface area contributed by atoms with E-state index in [-0.39, 0.29) is 42.1 Å². The monoisotopic (exact) mass is 540 g/mol. The number of aromatic nitrogens is 3. The Hall–Kier alpha value is -2.79. The average molecular weight is 540 g/mol. The van der Waals surface area contributed by atoms with Crippen LogP contribution in [0.25, 0.3) is 9.65 Å². The van der Waals surface area contributed by atoms with Crippen LogP contribution >= 0.6 is 15.9 Å². The van der Waals surface area contributed by atoms with Crippen LogP contribution in [0.4, 0.5) is 15.9 Å². The van der Waals surface area contributed by atoms with Gasteiger partial charge in [0.1, 0.15) is 0 Å². The van der Waals surface area contributed by atoms with Crippen molar-refractivity contribution < 1.29 is 14.2 Å². The molecule has 0 bridgehead atoms. The molecule has 2 aromatic heterocycles. The van der Waals surface area contributed by atoms with Gasteiger partial charge >= 0.3 is 179 Å². The Morgan fingerprint density at radius 2 is 2.13 bits per heavy atom. The van der Waals surface area contributed by atoms with E-state index in [1.54, 1.807) is 3.56 Å². The first-order chi connectivity index (χ1) is 14.6. The third-order valence-electron chi connectivity index (χ3n) is 4.12. The van der Waals surface area contributed by atoms with Crippen molar-refractivity contribution >= 4 is 57.6 Å². The standard InChI is InChI=1S/C18H14BrFN6O3Se/c19-12-9-10(5-6-13(12)20)22-17(23-28)15-16(25-29-24-15)21-7-8-26-18(27)11-3-1-2-4-14(11)30-26/h1-6,9,28H,7-8H2,(H,21,25)(H,22,23). The molecule has 4 rings (SSSR count). The number of benzene rings is 2. The molecule has 0 fully saturated rings. The zero-order valence-electron chi connectivity index (χ0n) is 15.2. The number of amidine groups is 1. The fourth-order valence-corrected chi connectivity index (χ4v) is 5.17. The van der Waals surface area contributed by atoms with Crippen LogP contribution in [-0.2, 0) is 6.54 Å². The summed E-state index contributed by atoms with van der Waals surface area (Å²) in [6.45, 7) is 0.854. The predicted molar refractivity (Wildman–Crippen MR) is 113 cm³/mol. The molecule has 154 valence electrons. The number of nitrogens with one attached hydrogen (secondary N) is 2. The first-order valence-corrected chi connectivity index (χ1v) is 11.1. The Morgan fingerprint density at radius 3 is 2.90 bits per heavy atom. The molecule has 30 heavy (non-hydrogen) atoms. The number of anilines is 1. The van der Waals surface area contributed by atoms with Crippen LogP contribution in [0.3, 0.4) is 0 Å². The molecule has 3 N–H and O–H groups in total. The van der Waals surface area contributed by atoms with Crippen molar-refractivity contribution in [1.29, 1.82) is 0 Å². The topological polar surface area (TPSA) is 118 Å². The molecule has 0 aliphatic carbocycles. The van der Waals surface area contributed by atoms with Crippen LogP contribution in [-0.4, -0.2) is 46.2 Å². The molecule has 0 spiro atoms. The molecule has 0 aliphatic rings. The molecule has 0 amide bonds. The quantitative estimate of drug-likeness (QED) is 0.149. The van der Waals surface area contributed by atoms with Crippen molar-refractivity contribution in [3.63, 3.8) is 0 Å². The van der Waals surface area contributed by atoms with E-state index >= 15 is 0 Å². The fraction of sp³-hybridized carbons (Fsp3) is 0.111. The summed E-state index contributed by atoms with van der Waals surface area (Å²) >= 11 is 3.01. The molecule has 0 radical (unpaired) electrons. The Morgan fingerprint density at radius 1 is 1.30 bits per heavy atom. The van der Waals surface area contributed by atoms with E-state index in [0.29, 0.717) is 18.8 Å². The zero-order valence-corrected chi connectivity index (χ0v) is 18.5. The van der Waals surface area contributed by atoms with Crippen molar-refractivity contribution in [2.45, 2.75) is 6.54 Å². The summed E-state index contributed by atoms with van der Waals surface area (Å²) in [7, 11) is 0. The van der Waals surface area contributed by atoms with Crippen molar-refractivity contribution in [3.8, 4) is 0 Å². The Balaban J connectivity index is 1.50. The molecule has 0 unspecified atom stereocenters. The second kappa shape index (κ2) is 8.92. The van der Waals surface area contributed by atoms with Gasteiger partial charge < -0.3 is 0 Å². The van der Waals surface area contributed by atoms with Crippen LogP contribution in [0.15, 0.2) is 61.4 Å². The summed E-state index contributed by atoms with van der Waals surface area (Å²) in [4.78, 5) is 16.6. The normalized spacial score (nSPS) is 11.8. The second-order valence-electron chi connectivity index (χ2n) is 6.05. The molecular weight excluding hydrogens is 526 g/mol. The molecule has 2 heterocycles. The van der Waals surface area contributed by atoms with Gasteiger partial charge in [-0.3, -0.25) is 0 Å². The summed E-state index contributed by atoms with van der Waals surface area (Å²) in [5.41, 5.74) is 2.47. The summed E-state index contributed by atoms with van der Waals surface area (Å²) in [5, 5.41) is 20.8. The first kappa shape index (κ1) is 20.5. The minimum atomic E-state index is -0.432. The van der Waals surface area contributed by atoms with Gasteiger partial charge in [-0.1, -0.05) is 0 Å². The third kappa shape index (κ3) is 4.21. The third-order valence-corrected chi connectivity index (χ3v) is 7.08. The van der Waals surface area contributed by atoms with Gasteiger partial charge in [-0.05, 0) is 0 Å². The summed E-state index contributed by atoms with van der Waals surface area (Å²) in [6.07, 6.45) is 0. The maximum atomic E-state index is 13.4. The van der Waals surface area contributed by atoms with E-state index in [0.717, 1.165) is 9.65 Å². The van der Waals surface area contributed by atoms with Crippen LogP contribution in [0.1, 0.15) is 5.69 Å².